The Hall–Kier alpha value is -0.720. The number of rotatable bonds is 5. The first-order valence-electron chi connectivity index (χ1n) is 4.98. The van der Waals surface area contributed by atoms with Crippen molar-refractivity contribution in [2.45, 2.75) is 19.9 Å². The molecule has 2 heterocycles. The van der Waals surface area contributed by atoms with Gasteiger partial charge in [-0.3, -0.25) is 0 Å². The molecular formula is C10H12BrN3OS. The number of halogens is 1. The lowest BCUT2D eigenvalue weighted by Gasteiger charge is -1.99. The molecule has 0 amide bonds. The highest BCUT2D eigenvalue weighted by molar-refractivity contribution is 9.11. The number of hydrogen-bond donors (Lipinski definition) is 1. The highest BCUT2D eigenvalue weighted by Gasteiger charge is 2.01. The SMILES string of the molecule is Cc1nc(CNCCc2ccc(Br)s2)no1. The van der Waals surface area contributed by atoms with Crippen molar-refractivity contribution in [2.75, 3.05) is 6.54 Å². The lowest BCUT2D eigenvalue weighted by atomic mass is 10.3. The van der Waals surface area contributed by atoms with E-state index in [9.17, 15) is 0 Å². The summed E-state index contributed by atoms with van der Waals surface area (Å²) >= 11 is 5.21. The number of nitrogens with one attached hydrogen (secondary N) is 1. The van der Waals surface area contributed by atoms with Crippen LogP contribution < -0.4 is 5.32 Å². The first kappa shape index (κ1) is 11.8. The topological polar surface area (TPSA) is 51.0 Å². The van der Waals surface area contributed by atoms with Gasteiger partial charge in [-0.2, -0.15) is 4.98 Å². The fourth-order valence-corrected chi connectivity index (χ4v) is 2.79. The monoisotopic (exact) mass is 301 g/mol. The molecule has 0 radical (unpaired) electrons. The summed E-state index contributed by atoms with van der Waals surface area (Å²) in [4.78, 5) is 5.48. The van der Waals surface area contributed by atoms with Crippen molar-refractivity contribution in [3.63, 3.8) is 0 Å². The summed E-state index contributed by atoms with van der Waals surface area (Å²) in [6, 6.07) is 4.21. The second kappa shape index (κ2) is 5.56. The van der Waals surface area contributed by atoms with E-state index in [4.69, 9.17) is 4.52 Å². The summed E-state index contributed by atoms with van der Waals surface area (Å²) in [5.41, 5.74) is 0. The first-order valence-corrected chi connectivity index (χ1v) is 6.59. The average molecular weight is 302 g/mol. The molecule has 0 saturated carbocycles. The third-order valence-corrected chi connectivity index (χ3v) is 3.71. The van der Waals surface area contributed by atoms with E-state index in [1.54, 1.807) is 18.3 Å². The van der Waals surface area contributed by atoms with Gasteiger partial charge in [0.1, 0.15) is 0 Å². The van der Waals surface area contributed by atoms with Crippen LogP contribution in [0.5, 0.6) is 0 Å². The molecular weight excluding hydrogens is 290 g/mol. The molecule has 0 fully saturated rings. The standard InChI is InChI=1S/C10H12BrN3OS/c1-7-13-10(14-15-7)6-12-5-4-8-2-3-9(11)16-8/h2-3,12H,4-6H2,1H3. The molecule has 4 nitrogen and oxygen atoms in total. The van der Waals surface area contributed by atoms with Crippen molar-refractivity contribution in [1.29, 1.82) is 0 Å². The maximum atomic E-state index is 4.88. The lowest BCUT2D eigenvalue weighted by Crippen LogP contribution is -2.17. The second-order valence-corrected chi connectivity index (χ2v) is 5.91. The number of thiophene rings is 1. The minimum Gasteiger partial charge on any atom is -0.340 e. The third kappa shape index (κ3) is 3.40. The summed E-state index contributed by atoms with van der Waals surface area (Å²) in [5.74, 6) is 1.32. The fraction of sp³-hybridized carbons (Fsp3) is 0.400. The van der Waals surface area contributed by atoms with Crippen LogP contribution in [0.1, 0.15) is 16.6 Å². The molecule has 2 aromatic rings. The van der Waals surface area contributed by atoms with Gasteiger partial charge in [0.25, 0.3) is 0 Å². The molecule has 0 aliphatic heterocycles. The van der Waals surface area contributed by atoms with Gasteiger partial charge in [-0.25, -0.2) is 0 Å². The molecule has 0 aliphatic carbocycles. The molecule has 16 heavy (non-hydrogen) atoms. The van der Waals surface area contributed by atoms with E-state index in [1.807, 2.05) is 0 Å². The van der Waals surface area contributed by atoms with E-state index >= 15 is 0 Å². The third-order valence-electron chi connectivity index (χ3n) is 2.03. The van der Waals surface area contributed by atoms with Crippen molar-refractivity contribution in [3.05, 3.63) is 32.5 Å². The molecule has 0 bridgehead atoms. The highest BCUT2D eigenvalue weighted by Crippen LogP contribution is 2.21. The van der Waals surface area contributed by atoms with E-state index < -0.39 is 0 Å². The Balaban J connectivity index is 1.69. The zero-order chi connectivity index (χ0) is 11.4. The Morgan fingerprint density at radius 2 is 2.38 bits per heavy atom. The van der Waals surface area contributed by atoms with Crippen LogP contribution in [0.2, 0.25) is 0 Å². The van der Waals surface area contributed by atoms with Crippen LogP contribution in [0.15, 0.2) is 20.4 Å². The zero-order valence-corrected chi connectivity index (χ0v) is 11.3. The smallest absolute Gasteiger partial charge is 0.223 e. The van der Waals surface area contributed by atoms with Crippen LogP contribution in [-0.2, 0) is 13.0 Å². The zero-order valence-electron chi connectivity index (χ0n) is 8.86. The van der Waals surface area contributed by atoms with Crippen molar-refractivity contribution in [3.8, 4) is 0 Å². The van der Waals surface area contributed by atoms with Crippen LogP contribution in [-0.4, -0.2) is 16.7 Å². The molecule has 0 atom stereocenters. The van der Waals surface area contributed by atoms with E-state index in [0.717, 1.165) is 13.0 Å². The molecule has 0 aromatic carbocycles. The quantitative estimate of drug-likeness (QED) is 0.862. The number of hydrogen-bond acceptors (Lipinski definition) is 5. The second-order valence-electron chi connectivity index (χ2n) is 3.36. The summed E-state index contributed by atoms with van der Waals surface area (Å²) in [5, 5.41) is 7.09. The summed E-state index contributed by atoms with van der Waals surface area (Å²) in [6.45, 7) is 3.37. The van der Waals surface area contributed by atoms with E-state index in [1.165, 1.54) is 8.66 Å². The van der Waals surface area contributed by atoms with Gasteiger partial charge in [-0.05, 0) is 34.5 Å². The Morgan fingerprint density at radius 1 is 1.50 bits per heavy atom. The summed E-state index contributed by atoms with van der Waals surface area (Å²) < 4.78 is 6.06. The molecule has 0 spiro atoms. The number of aromatic nitrogens is 2. The van der Waals surface area contributed by atoms with Gasteiger partial charge >= 0.3 is 0 Å². The Bertz CT molecular complexity index is 412. The molecule has 1 N–H and O–H groups in total. The number of aryl methyl sites for hydroxylation is 1. The summed E-state index contributed by atoms with van der Waals surface area (Å²) in [6.07, 6.45) is 1.02. The minimum absolute atomic E-state index is 0.610. The van der Waals surface area contributed by atoms with Crippen LogP contribution in [0.25, 0.3) is 0 Å². The van der Waals surface area contributed by atoms with Crippen molar-refractivity contribution in [1.82, 2.24) is 15.5 Å². The average Bonchev–Trinajstić information content (AvgIpc) is 2.83. The molecule has 0 saturated heterocycles. The Morgan fingerprint density at radius 3 is 3.00 bits per heavy atom. The van der Waals surface area contributed by atoms with Crippen LogP contribution in [0.3, 0.4) is 0 Å². The van der Waals surface area contributed by atoms with Crippen molar-refractivity contribution >= 4 is 27.3 Å². The van der Waals surface area contributed by atoms with Crippen LogP contribution in [0.4, 0.5) is 0 Å². The van der Waals surface area contributed by atoms with Gasteiger partial charge in [0.2, 0.25) is 5.89 Å². The van der Waals surface area contributed by atoms with Gasteiger partial charge < -0.3 is 9.84 Å². The van der Waals surface area contributed by atoms with Crippen LogP contribution >= 0.6 is 27.3 Å². The maximum Gasteiger partial charge on any atom is 0.223 e. The Labute approximate surface area is 106 Å². The van der Waals surface area contributed by atoms with Crippen molar-refractivity contribution < 1.29 is 4.52 Å². The molecule has 86 valence electrons. The van der Waals surface area contributed by atoms with Gasteiger partial charge in [-0.15, -0.1) is 11.3 Å². The maximum absolute atomic E-state index is 4.88. The largest absolute Gasteiger partial charge is 0.340 e. The van der Waals surface area contributed by atoms with Crippen molar-refractivity contribution in [2.24, 2.45) is 0 Å². The van der Waals surface area contributed by atoms with E-state index in [0.29, 0.717) is 18.3 Å². The summed E-state index contributed by atoms with van der Waals surface area (Å²) in [7, 11) is 0. The van der Waals surface area contributed by atoms with Gasteiger partial charge in [-0.1, -0.05) is 5.16 Å². The van der Waals surface area contributed by atoms with E-state index in [2.05, 4.69) is 43.5 Å². The van der Waals surface area contributed by atoms with Gasteiger partial charge in [0, 0.05) is 18.3 Å². The normalized spacial score (nSPS) is 10.9. The number of nitrogens with zero attached hydrogens (tertiary/aromatic N) is 2. The van der Waals surface area contributed by atoms with Gasteiger partial charge in [0.05, 0.1) is 10.3 Å². The van der Waals surface area contributed by atoms with Crippen LogP contribution in [0, 0.1) is 6.92 Å². The minimum atomic E-state index is 0.610. The molecule has 0 unspecified atom stereocenters. The molecule has 2 rings (SSSR count). The first-order chi connectivity index (χ1) is 7.74. The lowest BCUT2D eigenvalue weighted by molar-refractivity contribution is 0.385. The fourth-order valence-electron chi connectivity index (χ4n) is 1.31. The molecule has 2 aromatic heterocycles. The predicted molar refractivity (Wildman–Crippen MR) is 66.5 cm³/mol. The van der Waals surface area contributed by atoms with E-state index in [-0.39, 0.29) is 0 Å². The Kier molecular flexibility index (Phi) is 4.09. The van der Waals surface area contributed by atoms with Gasteiger partial charge in [0.15, 0.2) is 5.82 Å². The predicted octanol–water partition coefficient (Wildman–Crippen LogP) is 2.53. The molecule has 0 aliphatic rings. The highest BCUT2D eigenvalue weighted by atomic mass is 79.9. The molecule has 6 heteroatoms.